The van der Waals surface area contributed by atoms with Crippen LogP contribution >= 0.6 is 0 Å². The van der Waals surface area contributed by atoms with Gasteiger partial charge in [0.15, 0.2) is 5.82 Å². The van der Waals surface area contributed by atoms with Crippen molar-refractivity contribution in [1.29, 1.82) is 0 Å². The van der Waals surface area contributed by atoms with Crippen molar-refractivity contribution in [3.63, 3.8) is 0 Å². The van der Waals surface area contributed by atoms with Gasteiger partial charge in [-0.2, -0.15) is 0 Å². The Morgan fingerprint density at radius 2 is 1.69 bits per heavy atom. The molecule has 1 heterocycles. The van der Waals surface area contributed by atoms with E-state index in [1.807, 2.05) is 12.1 Å². The molecule has 0 spiro atoms. The number of carbonyl (C=O) groups excluding carboxylic acids is 1. The van der Waals surface area contributed by atoms with E-state index in [0.717, 1.165) is 17.7 Å². The molecule has 1 aromatic heterocycles. The summed E-state index contributed by atoms with van der Waals surface area (Å²) in [4.78, 5) is 21.0. The van der Waals surface area contributed by atoms with E-state index in [1.165, 1.54) is 6.07 Å². The Kier molecular flexibility index (Phi) is 6.16. The summed E-state index contributed by atoms with van der Waals surface area (Å²) in [5.41, 5.74) is 1.33. The third kappa shape index (κ3) is 4.39. The van der Waals surface area contributed by atoms with Gasteiger partial charge in [0.05, 0.1) is 30.7 Å². The zero-order chi connectivity index (χ0) is 21.0. The van der Waals surface area contributed by atoms with Gasteiger partial charge in [0.25, 0.3) is 0 Å². The molecule has 0 amide bonds. The fourth-order valence-corrected chi connectivity index (χ4v) is 2.99. The molecule has 3 aromatic rings. The molecular weight excluding hydrogens is 378 g/mol. The largest absolute Gasteiger partial charge is 0.497 e. The molecule has 0 unspecified atom stereocenters. The molecule has 0 saturated heterocycles. The van der Waals surface area contributed by atoms with Crippen LogP contribution in [0.1, 0.15) is 34.2 Å². The van der Waals surface area contributed by atoms with Gasteiger partial charge in [-0.15, -0.1) is 0 Å². The minimum atomic E-state index is -0.774. The maximum atomic E-state index is 14.3. The molecule has 150 valence electrons. The molecular formula is C22H20F2N2O3. The van der Waals surface area contributed by atoms with Crippen LogP contribution in [0, 0.1) is 18.6 Å². The van der Waals surface area contributed by atoms with Gasteiger partial charge in [0.2, 0.25) is 0 Å². The number of rotatable bonds is 6. The van der Waals surface area contributed by atoms with E-state index in [2.05, 4.69) is 9.97 Å². The number of nitrogens with zero attached hydrogens (tertiary/aromatic N) is 2. The SMILES string of the molecule is CCOC(=O)c1c(C)nc(-c2c(F)cccc2F)nc1Cc1ccc(OC)cc1. The van der Waals surface area contributed by atoms with E-state index < -0.39 is 17.6 Å². The predicted octanol–water partition coefficient (Wildman–Crippen LogP) is 4.51. The van der Waals surface area contributed by atoms with Crippen LogP contribution < -0.4 is 4.74 Å². The first-order valence-corrected chi connectivity index (χ1v) is 9.06. The Morgan fingerprint density at radius 3 is 2.28 bits per heavy atom. The third-order valence-corrected chi connectivity index (χ3v) is 4.36. The summed E-state index contributed by atoms with van der Waals surface area (Å²) in [5.74, 6) is -1.55. The number of esters is 1. The second kappa shape index (κ2) is 8.77. The number of methoxy groups -OCH3 is 1. The van der Waals surface area contributed by atoms with Crippen LogP contribution in [0.25, 0.3) is 11.4 Å². The van der Waals surface area contributed by atoms with Crippen molar-refractivity contribution in [2.24, 2.45) is 0 Å². The molecule has 0 saturated carbocycles. The highest BCUT2D eigenvalue weighted by Gasteiger charge is 2.23. The van der Waals surface area contributed by atoms with Gasteiger partial charge in [-0.3, -0.25) is 0 Å². The summed E-state index contributed by atoms with van der Waals surface area (Å²) in [6.45, 7) is 3.47. The number of ether oxygens (including phenoxy) is 2. The first-order chi connectivity index (χ1) is 13.9. The predicted molar refractivity (Wildman–Crippen MR) is 104 cm³/mol. The van der Waals surface area contributed by atoms with Crippen molar-refractivity contribution in [2.75, 3.05) is 13.7 Å². The number of aromatic nitrogens is 2. The molecule has 3 rings (SSSR count). The lowest BCUT2D eigenvalue weighted by molar-refractivity contribution is 0.0523. The van der Waals surface area contributed by atoms with Gasteiger partial charge in [-0.1, -0.05) is 18.2 Å². The number of hydrogen-bond acceptors (Lipinski definition) is 5. The average Bonchev–Trinajstić information content (AvgIpc) is 2.68. The summed E-state index contributed by atoms with van der Waals surface area (Å²) in [6.07, 6.45) is 0.255. The lowest BCUT2D eigenvalue weighted by Crippen LogP contribution is -2.15. The molecule has 0 aliphatic heterocycles. The zero-order valence-corrected chi connectivity index (χ0v) is 16.3. The first kappa shape index (κ1) is 20.4. The number of hydrogen-bond donors (Lipinski definition) is 0. The monoisotopic (exact) mass is 398 g/mol. The molecule has 2 aromatic carbocycles. The van der Waals surface area contributed by atoms with E-state index >= 15 is 0 Å². The van der Waals surface area contributed by atoms with Gasteiger partial charge in [-0.25, -0.2) is 23.5 Å². The van der Waals surface area contributed by atoms with Gasteiger partial charge in [0, 0.05) is 6.42 Å². The van der Waals surface area contributed by atoms with Crippen molar-refractivity contribution in [3.8, 4) is 17.1 Å². The average molecular weight is 398 g/mol. The van der Waals surface area contributed by atoms with Gasteiger partial charge < -0.3 is 9.47 Å². The topological polar surface area (TPSA) is 61.3 Å². The van der Waals surface area contributed by atoms with Crippen molar-refractivity contribution >= 4 is 5.97 Å². The van der Waals surface area contributed by atoms with Crippen LogP contribution in [0.3, 0.4) is 0 Å². The Hall–Kier alpha value is -3.35. The van der Waals surface area contributed by atoms with Crippen LogP contribution in [0.15, 0.2) is 42.5 Å². The van der Waals surface area contributed by atoms with Crippen LogP contribution in [0.4, 0.5) is 8.78 Å². The van der Waals surface area contributed by atoms with Crippen molar-refractivity contribution in [1.82, 2.24) is 9.97 Å². The minimum absolute atomic E-state index is 0.116. The number of halogens is 2. The van der Waals surface area contributed by atoms with Crippen LogP contribution in [0.5, 0.6) is 5.75 Å². The van der Waals surface area contributed by atoms with Crippen molar-refractivity contribution < 1.29 is 23.0 Å². The number of benzene rings is 2. The van der Waals surface area contributed by atoms with Gasteiger partial charge >= 0.3 is 5.97 Å². The van der Waals surface area contributed by atoms with E-state index in [-0.39, 0.29) is 30.0 Å². The zero-order valence-electron chi connectivity index (χ0n) is 16.3. The van der Waals surface area contributed by atoms with E-state index in [9.17, 15) is 13.6 Å². The maximum absolute atomic E-state index is 14.3. The third-order valence-electron chi connectivity index (χ3n) is 4.36. The fourth-order valence-electron chi connectivity index (χ4n) is 2.99. The highest BCUT2D eigenvalue weighted by molar-refractivity contribution is 5.92. The van der Waals surface area contributed by atoms with E-state index in [4.69, 9.17) is 9.47 Å². The van der Waals surface area contributed by atoms with E-state index in [1.54, 1.807) is 33.1 Å². The second-order valence-electron chi connectivity index (χ2n) is 6.30. The Morgan fingerprint density at radius 1 is 1.03 bits per heavy atom. The number of carbonyl (C=O) groups is 1. The van der Waals surface area contributed by atoms with Crippen LogP contribution in [0.2, 0.25) is 0 Å². The normalized spacial score (nSPS) is 10.7. The van der Waals surface area contributed by atoms with Crippen molar-refractivity contribution in [3.05, 3.63) is 76.6 Å². The molecule has 0 N–H and O–H groups in total. The maximum Gasteiger partial charge on any atom is 0.341 e. The molecule has 7 heteroatoms. The standard InChI is InChI=1S/C22H20F2N2O3/c1-4-29-22(27)19-13(2)25-21(20-16(23)6-5-7-17(20)24)26-18(19)12-14-8-10-15(28-3)11-9-14/h5-11H,4,12H2,1-3H3. The molecule has 0 fully saturated rings. The summed E-state index contributed by atoms with van der Waals surface area (Å²) in [7, 11) is 1.57. The van der Waals surface area contributed by atoms with Crippen LogP contribution in [-0.2, 0) is 11.2 Å². The minimum Gasteiger partial charge on any atom is -0.497 e. The van der Waals surface area contributed by atoms with Gasteiger partial charge in [-0.05, 0) is 43.7 Å². The summed E-state index contributed by atoms with van der Waals surface area (Å²) in [6, 6.07) is 10.8. The number of aryl methyl sites for hydroxylation is 1. The van der Waals surface area contributed by atoms with Crippen LogP contribution in [-0.4, -0.2) is 29.7 Å². The molecule has 29 heavy (non-hydrogen) atoms. The quantitative estimate of drug-likeness (QED) is 0.572. The van der Waals surface area contributed by atoms with Crippen molar-refractivity contribution in [2.45, 2.75) is 20.3 Å². The summed E-state index contributed by atoms with van der Waals surface area (Å²) >= 11 is 0. The highest BCUT2D eigenvalue weighted by Crippen LogP contribution is 2.26. The Balaban J connectivity index is 2.13. The lowest BCUT2D eigenvalue weighted by atomic mass is 10.0. The molecule has 0 aliphatic rings. The summed E-state index contributed by atoms with van der Waals surface area (Å²) in [5, 5.41) is 0. The molecule has 0 atom stereocenters. The summed E-state index contributed by atoms with van der Waals surface area (Å²) < 4.78 is 38.8. The molecule has 0 radical (unpaired) electrons. The Labute approximate surface area is 167 Å². The lowest BCUT2D eigenvalue weighted by Gasteiger charge is -2.14. The molecule has 0 aliphatic carbocycles. The van der Waals surface area contributed by atoms with E-state index in [0.29, 0.717) is 17.1 Å². The Bertz CT molecular complexity index is 1020. The molecule has 0 bridgehead atoms. The second-order valence-corrected chi connectivity index (χ2v) is 6.30. The first-order valence-electron chi connectivity index (χ1n) is 9.06. The fraction of sp³-hybridized carbons (Fsp3) is 0.227. The molecule has 5 nitrogen and oxygen atoms in total. The smallest absolute Gasteiger partial charge is 0.341 e. The highest BCUT2D eigenvalue weighted by atomic mass is 19.1. The van der Waals surface area contributed by atoms with Gasteiger partial charge in [0.1, 0.15) is 22.9 Å².